The van der Waals surface area contributed by atoms with Gasteiger partial charge in [-0.1, -0.05) is 97.1 Å². The molecule has 0 aliphatic carbocycles. The Morgan fingerprint density at radius 3 is 1.95 bits per heavy atom. The summed E-state index contributed by atoms with van der Waals surface area (Å²) in [7, 11) is 1.42. The van der Waals surface area contributed by atoms with Gasteiger partial charge < -0.3 is 10.0 Å². The number of aromatic nitrogens is 3. The van der Waals surface area contributed by atoms with Crippen LogP contribution in [0.25, 0.3) is 22.3 Å². The van der Waals surface area contributed by atoms with Crippen molar-refractivity contribution in [3.05, 3.63) is 155 Å². The van der Waals surface area contributed by atoms with Gasteiger partial charge in [-0.25, -0.2) is 18.9 Å². The van der Waals surface area contributed by atoms with Crippen molar-refractivity contribution in [2.45, 2.75) is 19.0 Å². The van der Waals surface area contributed by atoms with Crippen molar-refractivity contribution >= 4 is 17.1 Å². The summed E-state index contributed by atoms with van der Waals surface area (Å²) in [5.41, 5.74) is 4.73. The van der Waals surface area contributed by atoms with Crippen LogP contribution in [0.2, 0.25) is 0 Å². The third kappa shape index (κ3) is 4.74. The van der Waals surface area contributed by atoms with E-state index < -0.39 is 17.4 Å². The zero-order valence-electron chi connectivity index (χ0n) is 24.1. The van der Waals surface area contributed by atoms with Crippen LogP contribution < -0.4 is 0 Å². The van der Waals surface area contributed by atoms with Crippen LogP contribution in [-0.4, -0.2) is 37.9 Å². The van der Waals surface area contributed by atoms with Gasteiger partial charge >= 0.3 is 6.09 Å². The SMILES string of the molecule is Cc1cc(CN(C)C(=O)O)cc(F)c1-c1nc2cnn(C(c3ccccc3)(c3ccccc3)c3ccccc3)c2cc1C#N. The Labute approximate surface area is 254 Å². The molecule has 2 aromatic heterocycles. The van der Waals surface area contributed by atoms with E-state index in [9.17, 15) is 15.2 Å². The Morgan fingerprint density at radius 2 is 1.48 bits per heavy atom. The van der Waals surface area contributed by atoms with Crippen molar-refractivity contribution in [1.29, 1.82) is 5.26 Å². The lowest BCUT2D eigenvalue weighted by molar-refractivity contribution is 0.153. The number of carboxylic acid groups (broad SMARTS) is 1. The first-order valence-electron chi connectivity index (χ1n) is 14.0. The fraction of sp³-hybridized carbons (Fsp3) is 0.111. The molecule has 1 amide bonds. The van der Waals surface area contributed by atoms with Gasteiger partial charge in [-0.2, -0.15) is 10.4 Å². The molecule has 216 valence electrons. The van der Waals surface area contributed by atoms with E-state index in [1.54, 1.807) is 25.3 Å². The normalized spacial score (nSPS) is 11.3. The number of benzene rings is 4. The number of rotatable bonds is 7. The lowest BCUT2D eigenvalue weighted by Crippen LogP contribution is -2.38. The fourth-order valence-corrected chi connectivity index (χ4v) is 5.95. The molecule has 0 radical (unpaired) electrons. The first kappa shape index (κ1) is 28.3. The molecule has 0 saturated heterocycles. The third-order valence-corrected chi connectivity index (χ3v) is 7.90. The minimum atomic E-state index is -1.11. The van der Waals surface area contributed by atoms with Gasteiger partial charge in [0.05, 0.1) is 23.0 Å². The minimum Gasteiger partial charge on any atom is -0.465 e. The summed E-state index contributed by atoms with van der Waals surface area (Å²) in [6.45, 7) is 1.75. The molecule has 0 aliphatic rings. The molecule has 2 heterocycles. The molecular formula is C36H28FN5O2. The van der Waals surface area contributed by atoms with Crippen molar-refractivity contribution in [2.24, 2.45) is 0 Å². The highest BCUT2D eigenvalue weighted by molar-refractivity contribution is 5.84. The molecule has 0 spiro atoms. The van der Waals surface area contributed by atoms with Crippen LogP contribution in [0, 0.1) is 24.1 Å². The van der Waals surface area contributed by atoms with Gasteiger partial charge in [0.1, 0.15) is 22.9 Å². The van der Waals surface area contributed by atoms with E-state index in [0.717, 1.165) is 21.6 Å². The molecule has 0 aliphatic heterocycles. The van der Waals surface area contributed by atoms with Crippen molar-refractivity contribution in [2.75, 3.05) is 7.05 Å². The summed E-state index contributed by atoms with van der Waals surface area (Å²) >= 11 is 0. The Bertz CT molecular complexity index is 1900. The monoisotopic (exact) mass is 581 g/mol. The molecule has 0 fully saturated rings. The number of halogens is 1. The number of hydrogen-bond acceptors (Lipinski definition) is 4. The molecule has 1 N–H and O–H groups in total. The summed E-state index contributed by atoms with van der Waals surface area (Å²) in [6.07, 6.45) is 0.535. The zero-order valence-corrected chi connectivity index (χ0v) is 24.1. The van der Waals surface area contributed by atoms with Crippen LogP contribution in [-0.2, 0) is 12.1 Å². The third-order valence-electron chi connectivity index (χ3n) is 7.90. The van der Waals surface area contributed by atoms with E-state index in [1.807, 2.05) is 59.3 Å². The van der Waals surface area contributed by atoms with Gasteiger partial charge in [-0.3, -0.25) is 0 Å². The molecular weight excluding hydrogens is 553 g/mol. The van der Waals surface area contributed by atoms with E-state index >= 15 is 4.39 Å². The quantitative estimate of drug-likeness (QED) is 0.199. The van der Waals surface area contributed by atoms with Crippen molar-refractivity contribution in [3.63, 3.8) is 0 Å². The van der Waals surface area contributed by atoms with Gasteiger partial charge in [0.15, 0.2) is 0 Å². The maximum Gasteiger partial charge on any atom is 0.407 e. The number of aryl methyl sites for hydroxylation is 1. The minimum absolute atomic E-state index is 0.0260. The second kappa shape index (κ2) is 11.5. The lowest BCUT2D eigenvalue weighted by Gasteiger charge is -2.37. The summed E-state index contributed by atoms with van der Waals surface area (Å²) < 4.78 is 17.6. The number of pyridine rings is 1. The van der Waals surface area contributed by atoms with Crippen LogP contribution in [0.3, 0.4) is 0 Å². The van der Waals surface area contributed by atoms with Crippen LogP contribution >= 0.6 is 0 Å². The second-order valence-corrected chi connectivity index (χ2v) is 10.7. The summed E-state index contributed by atoms with van der Waals surface area (Å²) in [4.78, 5) is 17.2. The molecule has 4 aromatic carbocycles. The molecule has 0 unspecified atom stereocenters. The highest BCUT2D eigenvalue weighted by Crippen LogP contribution is 2.42. The Balaban J connectivity index is 1.60. The molecule has 7 nitrogen and oxygen atoms in total. The van der Waals surface area contributed by atoms with Gasteiger partial charge in [0.2, 0.25) is 0 Å². The molecule has 0 bridgehead atoms. The molecule has 8 heteroatoms. The van der Waals surface area contributed by atoms with E-state index in [1.165, 1.54) is 13.1 Å². The number of hydrogen-bond donors (Lipinski definition) is 1. The van der Waals surface area contributed by atoms with Gasteiger partial charge in [0, 0.05) is 19.2 Å². The Kier molecular flexibility index (Phi) is 7.38. The second-order valence-electron chi connectivity index (χ2n) is 10.7. The van der Waals surface area contributed by atoms with Crippen LogP contribution in [0.4, 0.5) is 9.18 Å². The first-order chi connectivity index (χ1) is 21.3. The van der Waals surface area contributed by atoms with Gasteiger partial charge in [-0.05, 0) is 46.9 Å². The van der Waals surface area contributed by atoms with E-state index in [0.29, 0.717) is 22.2 Å². The largest absolute Gasteiger partial charge is 0.465 e. The highest BCUT2D eigenvalue weighted by atomic mass is 19.1. The van der Waals surface area contributed by atoms with Crippen LogP contribution in [0.15, 0.2) is 115 Å². The maximum absolute atomic E-state index is 15.7. The van der Waals surface area contributed by atoms with Gasteiger partial charge in [0.25, 0.3) is 0 Å². The standard InChI is InChI=1S/C36H28FN5O2/c1-24-18-25(23-41(2)35(43)44)19-30(37)33(24)34-26(21-38)20-32-31(40-34)22-39-42(32)36(27-12-6-3-7-13-27,28-14-8-4-9-15-28)29-16-10-5-11-17-29/h3-20,22H,23H2,1-2H3,(H,43,44). The molecule has 44 heavy (non-hydrogen) atoms. The smallest absolute Gasteiger partial charge is 0.407 e. The topological polar surface area (TPSA) is 95.0 Å². The molecule has 6 aromatic rings. The van der Waals surface area contributed by atoms with Crippen LogP contribution in [0.5, 0.6) is 0 Å². The highest BCUT2D eigenvalue weighted by Gasteiger charge is 2.40. The van der Waals surface area contributed by atoms with Crippen molar-refractivity contribution < 1.29 is 14.3 Å². The van der Waals surface area contributed by atoms with Gasteiger partial charge in [-0.15, -0.1) is 0 Å². The Hall–Kier alpha value is -5.81. The van der Waals surface area contributed by atoms with E-state index in [-0.39, 0.29) is 23.4 Å². The summed E-state index contributed by atoms with van der Waals surface area (Å²) in [6, 6.07) is 37.2. The average molecular weight is 582 g/mol. The van der Waals surface area contributed by atoms with E-state index in [2.05, 4.69) is 42.5 Å². The molecule has 6 rings (SSSR count). The molecule has 0 saturated carbocycles. The van der Waals surface area contributed by atoms with Crippen LogP contribution in [0.1, 0.15) is 33.4 Å². The average Bonchev–Trinajstić information content (AvgIpc) is 3.45. The first-order valence-corrected chi connectivity index (χ1v) is 14.0. The fourth-order valence-electron chi connectivity index (χ4n) is 5.95. The lowest BCUT2D eigenvalue weighted by atomic mass is 9.77. The number of fused-ring (bicyclic) bond motifs is 1. The summed E-state index contributed by atoms with van der Waals surface area (Å²) in [5, 5.41) is 24.5. The number of carbonyl (C=O) groups is 1. The number of nitrogens with zero attached hydrogens (tertiary/aromatic N) is 5. The number of amides is 1. The molecule has 0 atom stereocenters. The van der Waals surface area contributed by atoms with Crippen molar-refractivity contribution in [3.8, 4) is 17.3 Å². The number of nitriles is 1. The predicted octanol–water partition coefficient (Wildman–Crippen LogP) is 7.37. The summed E-state index contributed by atoms with van der Waals surface area (Å²) in [5.74, 6) is -0.582. The zero-order chi connectivity index (χ0) is 30.8. The maximum atomic E-state index is 15.7. The predicted molar refractivity (Wildman–Crippen MR) is 166 cm³/mol. The van der Waals surface area contributed by atoms with E-state index in [4.69, 9.17) is 10.1 Å². The van der Waals surface area contributed by atoms with Crippen molar-refractivity contribution in [1.82, 2.24) is 19.7 Å². The Morgan fingerprint density at radius 1 is 0.932 bits per heavy atom.